The first-order chi connectivity index (χ1) is 12.1. The van der Waals surface area contributed by atoms with Crippen molar-refractivity contribution in [2.24, 2.45) is 0 Å². The summed E-state index contributed by atoms with van der Waals surface area (Å²) in [7, 11) is 0. The van der Waals surface area contributed by atoms with Gasteiger partial charge in [0.05, 0.1) is 6.54 Å². The van der Waals surface area contributed by atoms with E-state index in [0.717, 1.165) is 39.0 Å². The lowest BCUT2D eigenvalue weighted by Gasteiger charge is -2.35. The second kappa shape index (κ2) is 8.68. The number of halogens is 1. The maximum absolute atomic E-state index is 12.5. The summed E-state index contributed by atoms with van der Waals surface area (Å²) in [6, 6.07) is 7.01. The Morgan fingerprint density at radius 2 is 1.40 bits per heavy atom. The summed E-state index contributed by atoms with van der Waals surface area (Å²) in [5, 5.41) is 0.633. The quantitative estimate of drug-likeness (QED) is 0.828. The molecule has 0 radical (unpaired) electrons. The third kappa shape index (κ3) is 4.95. The van der Waals surface area contributed by atoms with Crippen molar-refractivity contribution in [3.8, 4) is 0 Å². The van der Waals surface area contributed by atoms with Gasteiger partial charge in [-0.2, -0.15) is 0 Å². The van der Waals surface area contributed by atoms with Crippen LogP contribution in [0.4, 0.5) is 0 Å². The van der Waals surface area contributed by atoms with E-state index in [1.54, 1.807) is 24.3 Å². The van der Waals surface area contributed by atoms with Gasteiger partial charge in [-0.25, -0.2) is 0 Å². The molecule has 2 aliphatic heterocycles. The molecule has 2 aliphatic rings. The van der Waals surface area contributed by atoms with Gasteiger partial charge in [0, 0.05) is 49.9 Å². The van der Waals surface area contributed by atoms with Gasteiger partial charge in [0.25, 0.3) is 5.91 Å². The molecule has 2 heterocycles. The van der Waals surface area contributed by atoms with Gasteiger partial charge in [-0.15, -0.1) is 0 Å². The van der Waals surface area contributed by atoms with Crippen LogP contribution in [-0.4, -0.2) is 72.3 Å². The summed E-state index contributed by atoms with van der Waals surface area (Å²) in [5.74, 6) is 0.273. The highest BCUT2D eigenvalue weighted by Gasteiger charge is 2.25. The molecule has 0 N–H and O–H groups in total. The summed E-state index contributed by atoms with van der Waals surface area (Å²) in [4.78, 5) is 31.0. The van der Waals surface area contributed by atoms with Gasteiger partial charge in [0.2, 0.25) is 5.91 Å². The number of hydrogen-bond acceptors (Lipinski definition) is 3. The van der Waals surface area contributed by atoms with Gasteiger partial charge in [-0.3, -0.25) is 14.5 Å². The van der Waals surface area contributed by atoms with Crippen LogP contribution >= 0.6 is 11.6 Å². The number of nitrogens with zero attached hydrogens (tertiary/aromatic N) is 3. The van der Waals surface area contributed by atoms with Gasteiger partial charge in [0.15, 0.2) is 0 Å². The second-order valence-electron chi connectivity index (χ2n) is 6.87. The predicted octanol–water partition coefficient (Wildman–Crippen LogP) is 2.50. The molecular formula is C19H26ClN3O2. The highest BCUT2D eigenvalue weighted by Crippen LogP contribution is 2.14. The fraction of sp³-hybridized carbons (Fsp3) is 0.579. The number of carbonyl (C=O) groups excluding carboxylic acids is 2. The molecule has 0 bridgehead atoms. The van der Waals surface area contributed by atoms with E-state index in [1.807, 2.05) is 9.80 Å². The van der Waals surface area contributed by atoms with E-state index in [-0.39, 0.29) is 11.8 Å². The van der Waals surface area contributed by atoms with Crippen LogP contribution in [0.2, 0.25) is 5.02 Å². The van der Waals surface area contributed by atoms with Crippen molar-refractivity contribution in [1.29, 1.82) is 0 Å². The van der Waals surface area contributed by atoms with E-state index in [2.05, 4.69) is 4.90 Å². The normalized spacial score (nSPS) is 19.6. The van der Waals surface area contributed by atoms with Crippen molar-refractivity contribution in [3.05, 3.63) is 34.9 Å². The zero-order valence-electron chi connectivity index (χ0n) is 14.6. The van der Waals surface area contributed by atoms with E-state index < -0.39 is 0 Å². The maximum Gasteiger partial charge on any atom is 0.253 e. The second-order valence-corrected chi connectivity index (χ2v) is 7.31. The smallest absolute Gasteiger partial charge is 0.253 e. The van der Waals surface area contributed by atoms with Gasteiger partial charge >= 0.3 is 0 Å². The van der Waals surface area contributed by atoms with Crippen molar-refractivity contribution in [2.75, 3.05) is 45.8 Å². The first kappa shape index (κ1) is 18.2. The summed E-state index contributed by atoms with van der Waals surface area (Å²) < 4.78 is 0. The minimum atomic E-state index is 0.0372. The molecule has 2 saturated heterocycles. The fourth-order valence-electron chi connectivity index (χ4n) is 3.50. The first-order valence-electron chi connectivity index (χ1n) is 9.18. The minimum Gasteiger partial charge on any atom is -0.342 e. The fourth-order valence-corrected chi connectivity index (χ4v) is 3.62. The highest BCUT2D eigenvalue weighted by atomic mass is 35.5. The van der Waals surface area contributed by atoms with Crippen LogP contribution in [0.15, 0.2) is 24.3 Å². The topological polar surface area (TPSA) is 43.9 Å². The third-order valence-corrected chi connectivity index (χ3v) is 5.32. The van der Waals surface area contributed by atoms with Gasteiger partial charge in [-0.05, 0) is 37.1 Å². The van der Waals surface area contributed by atoms with Crippen molar-refractivity contribution in [2.45, 2.75) is 25.7 Å². The lowest BCUT2D eigenvalue weighted by atomic mass is 10.2. The summed E-state index contributed by atoms with van der Waals surface area (Å²) in [6.07, 6.45) is 4.70. The average molecular weight is 364 g/mol. The molecule has 0 atom stereocenters. The zero-order valence-corrected chi connectivity index (χ0v) is 15.4. The molecule has 0 unspecified atom stereocenters. The Hall–Kier alpha value is -1.59. The van der Waals surface area contributed by atoms with Crippen LogP contribution in [0.5, 0.6) is 0 Å². The molecule has 25 heavy (non-hydrogen) atoms. The van der Waals surface area contributed by atoms with E-state index in [9.17, 15) is 9.59 Å². The van der Waals surface area contributed by atoms with E-state index in [1.165, 1.54) is 12.8 Å². The summed E-state index contributed by atoms with van der Waals surface area (Å²) in [5.41, 5.74) is 0.665. The molecule has 0 aliphatic carbocycles. The number of rotatable bonds is 3. The van der Waals surface area contributed by atoms with Gasteiger partial charge in [0.1, 0.15) is 0 Å². The SMILES string of the molecule is O=C(CN1CCN(C(=O)c2ccc(Cl)cc2)CC1)N1CCCCCC1. The van der Waals surface area contributed by atoms with Crippen LogP contribution in [0.3, 0.4) is 0 Å². The van der Waals surface area contributed by atoms with Crippen LogP contribution in [0.25, 0.3) is 0 Å². The van der Waals surface area contributed by atoms with Crippen LogP contribution in [0, 0.1) is 0 Å². The van der Waals surface area contributed by atoms with Crippen LogP contribution < -0.4 is 0 Å². The Bertz CT molecular complexity index is 589. The average Bonchev–Trinajstić information content (AvgIpc) is 2.92. The number of likely N-dealkylation sites (tertiary alicyclic amines) is 1. The lowest BCUT2D eigenvalue weighted by molar-refractivity contribution is -0.132. The van der Waals surface area contributed by atoms with Crippen molar-refractivity contribution in [3.63, 3.8) is 0 Å². The number of benzene rings is 1. The summed E-state index contributed by atoms with van der Waals surface area (Å²) in [6.45, 7) is 5.09. The minimum absolute atomic E-state index is 0.0372. The Morgan fingerprint density at radius 3 is 2.00 bits per heavy atom. The highest BCUT2D eigenvalue weighted by molar-refractivity contribution is 6.30. The summed E-state index contributed by atoms with van der Waals surface area (Å²) >= 11 is 5.88. The Morgan fingerprint density at radius 1 is 0.800 bits per heavy atom. The first-order valence-corrected chi connectivity index (χ1v) is 9.56. The molecule has 2 fully saturated rings. The van der Waals surface area contributed by atoms with Crippen LogP contribution in [0.1, 0.15) is 36.0 Å². The Labute approximate surface area is 154 Å². The number of carbonyl (C=O) groups is 2. The molecule has 0 saturated carbocycles. The molecule has 3 rings (SSSR count). The zero-order chi connectivity index (χ0) is 17.6. The lowest BCUT2D eigenvalue weighted by Crippen LogP contribution is -2.51. The number of piperazine rings is 1. The molecule has 1 aromatic carbocycles. The molecule has 0 aromatic heterocycles. The molecular weight excluding hydrogens is 338 g/mol. The van der Waals surface area contributed by atoms with Gasteiger partial charge < -0.3 is 9.80 Å². The standard InChI is InChI=1S/C19H26ClN3O2/c20-17-7-5-16(6-8-17)19(25)23-13-11-21(12-14-23)15-18(24)22-9-3-1-2-4-10-22/h5-8H,1-4,9-15H2. The van der Waals surface area contributed by atoms with E-state index in [0.29, 0.717) is 30.2 Å². The van der Waals surface area contributed by atoms with E-state index >= 15 is 0 Å². The Balaban J connectivity index is 1.47. The van der Waals surface area contributed by atoms with Crippen molar-refractivity contribution in [1.82, 2.24) is 14.7 Å². The Kier molecular flexibility index (Phi) is 6.32. The molecule has 1 aromatic rings. The number of hydrogen-bond donors (Lipinski definition) is 0. The monoisotopic (exact) mass is 363 g/mol. The van der Waals surface area contributed by atoms with E-state index in [4.69, 9.17) is 11.6 Å². The molecule has 2 amide bonds. The van der Waals surface area contributed by atoms with Crippen LogP contribution in [-0.2, 0) is 4.79 Å². The molecule has 136 valence electrons. The van der Waals surface area contributed by atoms with Gasteiger partial charge in [-0.1, -0.05) is 24.4 Å². The van der Waals surface area contributed by atoms with Crippen molar-refractivity contribution >= 4 is 23.4 Å². The molecule has 0 spiro atoms. The third-order valence-electron chi connectivity index (χ3n) is 5.07. The predicted molar refractivity (Wildman–Crippen MR) is 98.8 cm³/mol. The molecule has 5 nitrogen and oxygen atoms in total. The number of amides is 2. The van der Waals surface area contributed by atoms with Crippen molar-refractivity contribution < 1.29 is 9.59 Å². The maximum atomic E-state index is 12.5. The largest absolute Gasteiger partial charge is 0.342 e. The molecule has 6 heteroatoms.